The molecule has 0 aliphatic heterocycles. The Hall–Kier alpha value is -0.830. The van der Waals surface area contributed by atoms with Gasteiger partial charge in [0.1, 0.15) is 0 Å². The summed E-state index contributed by atoms with van der Waals surface area (Å²) in [7, 11) is 4.14. The molecule has 3 heteroatoms. The van der Waals surface area contributed by atoms with Crippen LogP contribution in [0.5, 0.6) is 0 Å². The second kappa shape index (κ2) is 3.37. The maximum Gasteiger partial charge on any atom is 0.0519 e. The molecule has 0 bridgehead atoms. The van der Waals surface area contributed by atoms with Crippen molar-refractivity contribution in [2.45, 2.75) is 6.42 Å². The lowest BCUT2D eigenvalue weighted by atomic mass is 10.2. The molecule has 1 aromatic rings. The van der Waals surface area contributed by atoms with Crippen molar-refractivity contribution in [2.75, 3.05) is 20.6 Å². The van der Waals surface area contributed by atoms with E-state index in [1.54, 1.807) is 0 Å². The first-order valence-electron chi connectivity index (χ1n) is 3.41. The molecule has 0 aliphatic rings. The first-order valence-corrected chi connectivity index (χ1v) is 3.41. The number of aromatic nitrogens is 2. The summed E-state index contributed by atoms with van der Waals surface area (Å²) in [6, 6.07) is 0. The molecule has 0 saturated carbocycles. The Balaban J connectivity index is 2.28. The van der Waals surface area contributed by atoms with Crippen LogP contribution in [0, 0.1) is 0 Å². The Kier molecular flexibility index (Phi) is 2.45. The minimum Gasteiger partial charge on any atom is -0.309 e. The van der Waals surface area contributed by atoms with Gasteiger partial charge in [-0.05, 0) is 26.1 Å². The Morgan fingerprint density at radius 3 is 2.90 bits per heavy atom. The third-order valence-electron chi connectivity index (χ3n) is 1.40. The highest BCUT2D eigenvalue weighted by Crippen LogP contribution is 1.94. The zero-order valence-electron chi connectivity index (χ0n) is 6.46. The number of aromatic amines is 1. The van der Waals surface area contributed by atoms with Crippen LogP contribution in [0.1, 0.15) is 5.56 Å². The Bertz CT molecular complexity index is 167. The lowest BCUT2D eigenvalue weighted by Crippen LogP contribution is -2.14. The second-order valence-corrected chi connectivity index (χ2v) is 2.66. The van der Waals surface area contributed by atoms with Crippen molar-refractivity contribution >= 4 is 0 Å². The average molecular weight is 139 g/mol. The number of likely N-dealkylation sites (N-methyl/N-ethyl adjacent to an activating group) is 1. The monoisotopic (exact) mass is 139 g/mol. The van der Waals surface area contributed by atoms with E-state index in [-0.39, 0.29) is 0 Å². The van der Waals surface area contributed by atoms with Crippen molar-refractivity contribution in [3.63, 3.8) is 0 Å². The van der Waals surface area contributed by atoms with Crippen LogP contribution in [0.15, 0.2) is 12.4 Å². The smallest absolute Gasteiger partial charge is 0.0519 e. The lowest BCUT2D eigenvalue weighted by Gasteiger charge is -2.06. The maximum absolute atomic E-state index is 3.86. The summed E-state index contributed by atoms with van der Waals surface area (Å²) in [6.45, 7) is 1.08. The van der Waals surface area contributed by atoms with Crippen molar-refractivity contribution in [3.8, 4) is 0 Å². The molecule has 1 N–H and O–H groups in total. The molecule has 56 valence electrons. The lowest BCUT2D eigenvalue weighted by molar-refractivity contribution is 0.413. The van der Waals surface area contributed by atoms with Gasteiger partial charge in [-0.15, -0.1) is 0 Å². The molecule has 1 aromatic heterocycles. The highest BCUT2D eigenvalue weighted by atomic mass is 15.1. The normalized spacial score (nSPS) is 10.7. The molecule has 10 heavy (non-hydrogen) atoms. The second-order valence-electron chi connectivity index (χ2n) is 2.66. The fourth-order valence-electron chi connectivity index (χ4n) is 0.767. The largest absolute Gasteiger partial charge is 0.309 e. The average Bonchev–Trinajstić information content (AvgIpc) is 2.34. The summed E-state index contributed by atoms with van der Waals surface area (Å²) < 4.78 is 0. The zero-order chi connectivity index (χ0) is 7.40. The van der Waals surface area contributed by atoms with Crippen molar-refractivity contribution < 1.29 is 0 Å². The van der Waals surface area contributed by atoms with Gasteiger partial charge in [-0.1, -0.05) is 0 Å². The fraction of sp³-hybridized carbons (Fsp3) is 0.571. The van der Waals surface area contributed by atoms with Gasteiger partial charge in [-0.3, -0.25) is 5.10 Å². The maximum atomic E-state index is 3.86. The number of hydrogen-bond donors (Lipinski definition) is 1. The number of H-pyrrole nitrogens is 1. The van der Waals surface area contributed by atoms with Gasteiger partial charge in [0.2, 0.25) is 0 Å². The molecule has 0 amide bonds. The van der Waals surface area contributed by atoms with Gasteiger partial charge in [-0.25, -0.2) is 0 Å². The van der Waals surface area contributed by atoms with Crippen molar-refractivity contribution in [3.05, 3.63) is 18.0 Å². The summed E-state index contributed by atoms with van der Waals surface area (Å²) in [5, 5.41) is 6.64. The zero-order valence-corrected chi connectivity index (χ0v) is 6.46. The predicted molar refractivity (Wildman–Crippen MR) is 40.8 cm³/mol. The predicted octanol–water partition coefficient (Wildman–Crippen LogP) is 0.514. The minimum absolute atomic E-state index is 1.07. The van der Waals surface area contributed by atoms with Crippen LogP contribution in [0.4, 0.5) is 0 Å². The highest BCUT2D eigenvalue weighted by molar-refractivity contribution is 5.02. The first-order chi connectivity index (χ1) is 4.79. The van der Waals surface area contributed by atoms with Gasteiger partial charge >= 0.3 is 0 Å². The van der Waals surface area contributed by atoms with Gasteiger partial charge in [0.05, 0.1) is 6.20 Å². The Morgan fingerprint density at radius 1 is 1.60 bits per heavy atom. The summed E-state index contributed by atoms with van der Waals surface area (Å²) in [5.74, 6) is 0. The van der Waals surface area contributed by atoms with Crippen LogP contribution in [-0.4, -0.2) is 35.7 Å². The van der Waals surface area contributed by atoms with E-state index in [4.69, 9.17) is 0 Å². The van der Waals surface area contributed by atoms with Crippen molar-refractivity contribution in [1.82, 2.24) is 15.1 Å². The van der Waals surface area contributed by atoms with Crippen LogP contribution in [0.2, 0.25) is 0 Å². The molecule has 0 aromatic carbocycles. The van der Waals surface area contributed by atoms with Gasteiger partial charge in [-0.2, -0.15) is 5.10 Å². The Morgan fingerprint density at radius 2 is 2.40 bits per heavy atom. The summed E-state index contributed by atoms with van der Waals surface area (Å²) >= 11 is 0. The quantitative estimate of drug-likeness (QED) is 0.661. The highest BCUT2D eigenvalue weighted by Gasteiger charge is 1.93. The third-order valence-corrected chi connectivity index (χ3v) is 1.40. The molecule has 0 spiro atoms. The molecule has 1 heterocycles. The molecule has 0 unspecified atom stereocenters. The van der Waals surface area contributed by atoms with E-state index < -0.39 is 0 Å². The van der Waals surface area contributed by atoms with E-state index >= 15 is 0 Å². The van der Waals surface area contributed by atoms with Gasteiger partial charge in [0, 0.05) is 12.7 Å². The topological polar surface area (TPSA) is 31.9 Å². The molecule has 0 aliphatic carbocycles. The standard InChI is InChI=1S/C7H13N3/c1-10(2)4-3-7-5-8-9-6-7/h5-6H,3-4H2,1-2H3,(H,8,9). The third kappa shape index (κ3) is 2.19. The van der Waals surface area contributed by atoms with Crippen LogP contribution in [0.25, 0.3) is 0 Å². The van der Waals surface area contributed by atoms with Crippen LogP contribution in [-0.2, 0) is 6.42 Å². The van der Waals surface area contributed by atoms with Gasteiger partial charge in [0.25, 0.3) is 0 Å². The number of rotatable bonds is 3. The fourth-order valence-corrected chi connectivity index (χ4v) is 0.767. The van der Waals surface area contributed by atoms with E-state index in [1.165, 1.54) is 5.56 Å². The first kappa shape index (κ1) is 7.28. The molecule has 0 atom stereocenters. The molecule has 0 fully saturated rings. The van der Waals surface area contributed by atoms with E-state index in [0.717, 1.165) is 13.0 Å². The summed E-state index contributed by atoms with van der Waals surface area (Å²) in [6.07, 6.45) is 4.87. The van der Waals surface area contributed by atoms with E-state index in [9.17, 15) is 0 Å². The molecule has 1 rings (SSSR count). The van der Waals surface area contributed by atoms with Crippen LogP contribution >= 0.6 is 0 Å². The molecular weight excluding hydrogens is 126 g/mol. The summed E-state index contributed by atoms with van der Waals surface area (Å²) in [4.78, 5) is 2.16. The number of nitrogens with zero attached hydrogens (tertiary/aromatic N) is 2. The van der Waals surface area contributed by atoms with E-state index in [2.05, 4.69) is 29.2 Å². The molecule has 0 radical (unpaired) electrons. The SMILES string of the molecule is CN(C)CCc1cn[nH]c1. The molecular formula is C7H13N3. The van der Waals surface area contributed by atoms with Crippen LogP contribution < -0.4 is 0 Å². The van der Waals surface area contributed by atoms with Crippen molar-refractivity contribution in [2.24, 2.45) is 0 Å². The molecule has 3 nitrogen and oxygen atoms in total. The summed E-state index contributed by atoms with van der Waals surface area (Å²) in [5.41, 5.74) is 1.27. The van der Waals surface area contributed by atoms with E-state index in [1.807, 2.05) is 12.4 Å². The Labute approximate surface area is 61.0 Å². The van der Waals surface area contributed by atoms with E-state index in [0.29, 0.717) is 0 Å². The number of hydrogen-bond acceptors (Lipinski definition) is 2. The number of nitrogens with one attached hydrogen (secondary N) is 1. The van der Waals surface area contributed by atoms with Gasteiger partial charge < -0.3 is 4.90 Å². The molecule has 0 saturated heterocycles. The minimum atomic E-state index is 1.07. The van der Waals surface area contributed by atoms with Gasteiger partial charge in [0.15, 0.2) is 0 Å². The van der Waals surface area contributed by atoms with Crippen molar-refractivity contribution in [1.29, 1.82) is 0 Å². The van der Waals surface area contributed by atoms with Crippen LogP contribution in [0.3, 0.4) is 0 Å².